The van der Waals surface area contributed by atoms with Gasteiger partial charge in [0.05, 0.1) is 42.8 Å². The van der Waals surface area contributed by atoms with Gasteiger partial charge in [-0.25, -0.2) is 19.2 Å². The van der Waals surface area contributed by atoms with E-state index in [1.807, 2.05) is 11.5 Å². The molecule has 0 aliphatic heterocycles. The third kappa shape index (κ3) is 5.21. The number of carbonyl (C=O) groups is 2. The number of aromatic nitrogens is 3. The highest BCUT2D eigenvalue weighted by Gasteiger charge is 2.22. The fourth-order valence-electron chi connectivity index (χ4n) is 3.90. The van der Waals surface area contributed by atoms with Gasteiger partial charge < -0.3 is 14.2 Å². The van der Waals surface area contributed by atoms with E-state index in [9.17, 15) is 14.0 Å². The van der Waals surface area contributed by atoms with Gasteiger partial charge in [-0.2, -0.15) is 0 Å². The lowest BCUT2D eigenvalue weighted by Gasteiger charge is -2.23. The summed E-state index contributed by atoms with van der Waals surface area (Å²) in [5.41, 5.74) is 3.84. The number of nitrogens with zero attached hydrogens (tertiary/aromatic N) is 4. The molecule has 0 fully saturated rings. The molecule has 2 heterocycles. The highest BCUT2D eigenvalue weighted by atomic mass is 19.1. The topological polar surface area (TPSA) is 108 Å². The Morgan fingerprint density at radius 1 is 1.08 bits per heavy atom. The molecule has 4 aromatic rings. The molecule has 0 unspecified atom stereocenters. The van der Waals surface area contributed by atoms with E-state index in [0.717, 1.165) is 11.1 Å². The Balaban J connectivity index is 1.75. The second kappa shape index (κ2) is 11.0. The number of pyridine rings is 1. The van der Waals surface area contributed by atoms with E-state index < -0.39 is 11.9 Å². The number of aryl methyl sites for hydroxylation is 1. The Hall–Kier alpha value is -4.51. The number of rotatable bonds is 8. The molecule has 10 nitrogen and oxygen atoms in total. The minimum absolute atomic E-state index is 0.0202. The first-order chi connectivity index (χ1) is 17.9. The number of benzene rings is 2. The second-order valence-corrected chi connectivity index (χ2v) is 7.96. The number of fused-ring (bicyclic) bond motifs is 1. The molecule has 0 spiro atoms. The van der Waals surface area contributed by atoms with E-state index >= 15 is 0 Å². The Labute approximate surface area is 212 Å². The molecule has 37 heavy (non-hydrogen) atoms. The molecule has 0 atom stereocenters. The van der Waals surface area contributed by atoms with Crippen LogP contribution >= 0.6 is 0 Å². The number of hydrogen-bond acceptors (Lipinski definition) is 7. The van der Waals surface area contributed by atoms with Crippen molar-refractivity contribution in [2.75, 3.05) is 38.3 Å². The predicted octanol–water partition coefficient (Wildman–Crippen LogP) is 4.56. The van der Waals surface area contributed by atoms with Gasteiger partial charge in [-0.15, -0.1) is 0 Å². The van der Waals surface area contributed by atoms with Crippen molar-refractivity contribution in [3.8, 4) is 11.4 Å². The maximum Gasteiger partial charge on any atom is 0.412 e. The summed E-state index contributed by atoms with van der Waals surface area (Å²) in [6.45, 7) is 1.93. The number of nitrogens with one attached hydrogen (secondary N) is 1. The van der Waals surface area contributed by atoms with Gasteiger partial charge in [0.25, 0.3) is 5.91 Å². The van der Waals surface area contributed by atoms with Crippen LogP contribution in [-0.2, 0) is 15.9 Å². The van der Waals surface area contributed by atoms with E-state index in [-0.39, 0.29) is 18.4 Å². The van der Waals surface area contributed by atoms with Crippen molar-refractivity contribution in [2.24, 2.45) is 0 Å². The predicted molar refractivity (Wildman–Crippen MR) is 136 cm³/mol. The van der Waals surface area contributed by atoms with Crippen LogP contribution in [0.5, 0.6) is 5.75 Å². The fourth-order valence-corrected chi connectivity index (χ4v) is 3.90. The largest absolute Gasteiger partial charge is 0.494 e. The maximum absolute atomic E-state index is 14.0. The van der Waals surface area contributed by atoms with Gasteiger partial charge in [-0.1, -0.05) is 6.92 Å². The van der Waals surface area contributed by atoms with Crippen LogP contribution in [0, 0.1) is 5.82 Å². The van der Waals surface area contributed by atoms with E-state index in [1.54, 1.807) is 36.8 Å². The van der Waals surface area contributed by atoms with E-state index in [2.05, 4.69) is 20.0 Å². The lowest BCUT2D eigenvalue weighted by Crippen LogP contribution is -2.33. The van der Waals surface area contributed by atoms with Crippen LogP contribution in [0.4, 0.5) is 20.7 Å². The number of halogens is 1. The molecular weight excluding hydrogens is 481 g/mol. The molecule has 2 aromatic heterocycles. The van der Waals surface area contributed by atoms with E-state index in [1.165, 1.54) is 44.4 Å². The summed E-state index contributed by atoms with van der Waals surface area (Å²) in [7, 11) is 4.11. The Morgan fingerprint density at radius 2 is 1.89 bits per heavy atom. The summed E-state index contributed by atoms with van der Waals surface area (Å²) in [5, 5.41) is 2.50. The highest BCUT2D eigenvalue weighted by Crippen LogP contribution is 2.28. The molecular formula is C26H26FN5O5. The highest BCUT2D eigenvalue weighted by molar-refractivity contribution is 6.08. The zero-order valence-corrected chi connectivity index (χ0v) is 20.8. The minimum atomic E-state index is -0.622. The zero-order valence-electron chi connectivity index (χ0n) is 20.8. The summed E-state index contributed by atoms with van der Waals surface area (Å²) in [5.74, 6) is -0.520. The third-order valence-electron chi connectivity index (χ3n) is 5.75. The van der Waals surface area contributed by atoms with Crippen molar-refractivity contribution in [2.45, 2.75) is 13.3 Å². The molecule has 0 aliphatic rings. The van der Waals surface area contributed by atoms with Crippen LogP contribution in [0.25, 0.3) is 16.7 Å². The van der Waals surface area contributed by atoms with Crippen molar-refractivity contribution < 1.29 is 28.2 Å². The molecule has 2 aromatic carbocycles. The minimum Gasteiger partial charge on any atom is -0.494 e. The lowest BCUT2D eigenvalue weighted by molar-refractivity contribution is 0.0936. The number of carbonyl (C=O) groups excluding carboxylic acids is 2. The number of imidazole rings is 1. The van der Waals surface area contributed by atoms with Gasteiger partial charge in [0, 0.05) is 18.7 Å². The molecule has 0 bridgehead atoms. The van der Waals surface area contributed by atoms with Gasteiger partial charge >= 0.3 is 6.09 Å². The smallest absolute Gasteiger partial charge is 0.412 e. The number of hydrogen-bond donors (Lipinski definition) is 1. The summed E-state index contributed by atoms with van der Waals surface area (Å²) in [4.78, 5) is 35.3. The maximum atomic E-state index is 14.0. The molecule has 0 saturated heterocycles. The van der Waals surface area contributed by atoms with Crippen molar-refractivity contribution in [1.29, 1.82) is 0 Å². The van der Waals surface area contributed by atoms with Gasteiger partial charge in [-0.05, 0) is 48.4 Å². The number of ether oxygens (including phenoxy) is 3. The quantitative estimate of drug-likeness (QED) is 0.348. The fraction of sp³-hybridized carbons (Fsp3) is 0.231. The average molecular weight is 508 g/mol. The van der Waals surface area contributed by atoms with Crippen molar-refractivity contribution >= 4 is 34.5 Å². The number of methoxy groups -OCH3 is 3. The van der Waals surface area contributed by atoms with Crippen molar-refractivity contribution in [1.82, 2.24) is 14.5 Å². The summed E-state index contributed by atoms with van der Waals surface area (Å²) in [6.07, 6.45) is 3.25. The SMILES string of the molecule is CCc1cc(C(=O)N(COC)c2ccc(F)c(OC)c2)cc2c1ncn2-c1ccc(NC(=O)OC)nc1. The van der Waals surface area contributed by atoms with Gasteiger partial charge in [0.2, 0.25) is 0 Å². The summed E-state index contributed by atoms with van der Waals surface area (Å²) >= 11 is 0. The van der Waals surface area contributed by atoms with E-state index in [4.69, 9.17) is 9.47 Å². The van der Waals surface area contributed by atoms with Crippen molar-refractivity contribution in [3.63, 3.8) is 0 Å². The van der Waals surface area contributed by atoms with Crippen LogP contribution in [0.1, 0.15) is 22.8 Å². The van der Waals surface area contributed by atoms with Gasteiger partial charge in [0.1, 0.15) is 18.9 Å². The molecule has 0 aliphatic carbocycles. The number of amides is 2. The second-order valence-electron chi connectivity index (χ2n) is 7.96. The number of anilines is 2. The Kier molecular flexibility index (Phi) is 7.63. The zero-order chi connectivity index (χ0) is 26.5. The summed E-state index contributed by atoms with van der Waals surface area (Å²) < 4.78 is 30.7. The Bertz CT molecular complexity index is 1440. The average Bonchev–Trinajstić information content (AvgIpc) is 3.35. The molecule has 11 heteroatoms. The van der Waals surface area contributed by atoms with Crippen molar-refractivity contribution in [3.05, 3.63) is 71.9 Å². The van der Waals surface area contributed by atoms with Crippen LogP contribution in [0.2, 0.25) is 0 Å². The van der Waals surface area contributed by atoms with Gasteiger partial charge in [-0.3, -0.25) is 19.6 Å². The lowest BCUT2D eigenvalue weighted by atomic mass is 10.0. The first-order valence-electron chi connectivity index (χ1n) is 11.4. The first kappa shape index (κ1) is 25.6. The molecule has 0 radical (unpaired) electrons. The molecule has 192 valence electrons. The first-order valence-corrected chi connectivity index (χ1v) is 11.4. The Morgan fingerprint density at radius 3 is 2.54 bits per heavy atom. The van der Waals surface area contributed by atoms with Gasteiger partial charge in [0.15, 0.2) is 11.6 Å². The van der Waals surface area contributed by atoms with Crippen LogP contribution in [-0.4, -0.2) is 54.6 Å². The molecule has 4 rings (SSSR count). The molecule has 0 saturated carbocycles. The van der Waals surface area contributed by atoms with E-state index in [0.29, 0.717) is 34.7 Å². The summed E-state index contributed by atoms with van der Waals surface area (Å²) in [6, 6.07) is 11.1. The monoisotopic (exact) mass is 507 g/mol. The van der Waals surface area contributed by atoms with Crippen LogP contribution in [0.15, 0.2) is 55.0 Å². The van der Waals surface area contributed by atoms with Crippen LogP contribution in [0.3, 0.4) is 0 Å². The molecule has 2 amide bonds. The standard InChI is InChI=1S/C26H26FN5O5/c1-5-16-10-17(25(33)32(15-35-2)18-6-8-20(27)22(12-18)36-3)11-21-24(16)29-14-31(21)19-7-9-23(28-13-19)30-26(34)37-4/h6-14H,5,15H2,1-4H3,(H,28,30,34). The normalized spacial score (nSPS) is 10.8. The molecule has 1 N–H and O–H groups in total. The third-order valence-corrected chi connectivity index (χ3v) is 5.75. The van der Waals surface area contributed by atoms with Crippen LogP contribution < -0.4 is 15.0 Å².